The molecule has 1 saturated heterocycles. The van der Waals surface area contributed by atoms with Crippen LogP contribution in [0.4, 0.5) is 0 Å². The minimum absolute atomic E-state index is 0.256. The lowest BCUT2D eigenvalue weighted by atomic mass is 9.99. The normalized spacial score (nSPS) is 21.2. The molecule has 18 heavy (non-hydrogen) atoms. The van der Waals surface area contributed by atoms with Gasteiger partial charge >= 0.3 is 11.9 Å². The van der Waals surface area contributed by atoms with Crippen molar-refractivity contribution in [3.63, 3.8) is 0 Å². The van der Waals surface area contributed by atoms with Gasteiger partial charge in [0.1, 0.15) is 12.0 Å². The van der Waals surface area contributed by atoms with Gasteiger partial charge in [-0.25, -0.2) is 4.79 Å². The molecule has 0 aromatic rings. The molecule has 1 rings (SSSR count). The molecule has 0 aliphatic carbocycles. The summed E-state index contributed by atoms with van der Waals surface area (Å²) in [4.78, 5) is 35.9. The molecular weight excluding hydrogens is 238 g/mol. The third-order valence-electron chi connectivity index (χ3n) is 3.09. The zero-order valence-electron chi connectivity index (χ0n) is 10.7. The molecule has 1 amide bonds. The van der Waals surface area contributed by atoms with E-state index in [9.17, 15) is 14.4 Å². The van der Waals surface area contributed by atoms with Gasteiger partial charge in [-0.05, 0) is 33.1 Å². The highest BCUT2D eigenvalue weighted by molar-refractivity contribution is 5.98. The number of carbonyl (C=O) groups is 3. The Hall–Kier alpha value is -1.59. The minimum atomic E-state index is -1.17. The van der Waals surface area contributed by atoms with Crippen molar-refractivity contribution < 1.29 is 24.2 Å². The molecule has 0 radical (unpaired) electrons. The third kappa shape index (κ3) is 3.21. The van der Waals surface area contributed by atoms with Crippen molar-refractivity contribution in [3.8, 4) is 0 Å². The monoisotopic (exact) mass is 257 g/mol. The maximum absolute atomic E-state index is 12.0. The molecule has 1 aliphatic rings. The molecule has 102 valence electrons. The average molecular weight is 257 g/mol. The highest BCUT2D eigenvalue weighted by Crippen LogP contribution is 2.20. The molecule has 6 nitrogen and oxygen atoms in total. The molecule has 0 spiro atoms. The van der Waals surface area contributed by atoms with E-state index in [4.69, 9.17) is 9.84 Å². The van der Waals surface area contributed by atoms with Crippen molar-refractivity contribution in [2.24, 2.45) is 5.92 Å². The topological polar surface area (TPSA) is 83.9 Å². The summed E-state index contributed by atoms with van der Waals surface area (Å²) in [6, 6.07) is -0.631. The van der Waals surface area contributed by atoms with Crippen LogP contribution in [0.1, 0.15) is 33.1 Å². The summed E-state index contributed by atoms with van der Waals surface area (Å²) in [5.74, 6) is -3.25. The molecule has 0 bridgehead atoms. The quantitative estimate of drug-likeness (QED) is 0.590. The van der Waals surface area contributed by atoms with E-state index in [1.54, 1.807) is 6.92 Å². The van der Waals surface area contributed by atoms with Crippen LogP contribution in [-0.4, -0.2) is 47.0 Å². The number of hydrogen-bond donors (Lipinski definition) is 1. The number of likely N-dealkylation sites (tertiary alicyclic amines) is 1. The summed E-state index contributed by atoms with van der Waals surface area (Å²) < 4.78 is 4.92. The molecule has 1 N–H and O–H groups in total. The number of piperidine rings is 1. The van der Waals surface area contributed by atoms with Gasteiger partial charge in [-0.15, -0.1) is 0 Å². The lowest BCUT2D eigenvalue weighted by Crippen LogP contribution is -2.51. The molecule has 1 heterocycles. The largest absolute Gasteiger partial charge is 0.481 e. The number of hydrogen-bond acceptors (Lipinski definition) is 4. The molecule has 6 heteroatoms. The fraction of sp³-hybridized carbons (Fsp3) is 0.750. The van der Waals surface area contributed by atoms with E-state index in [1.807, 2.05) is 0 Å². The summed E-state index contributed by atoms with van der Waals surface area (Å²) >= 11 is 0. The summed E-state index contributed by atoms with van der Waals surface area (Å²) in [7, 11) is 0. The number of amides is 1. The Morgan fingerprint density at radius 2 is 2.06 bits per heavy atom. The number of carboxylic acid groups (broad SMARTS) is 1. The Morgan fingerprint density at radius 1 is 1.39 bits per heavy atom. The van der Waals surface area contributed by atoms with Gasteiger partial charge in [0, 0.05) is 6.54 Å². The second kappa shape index (κ2) is 6.37. The Balaban J connectivity index is 2.79. The number of carboxylic acids is 1. The summed E-state index contributed by atoms with van der Waals surface area (Å²) in [6.07, 6.45) is 2.17. The lowest BCUT2D eigenvalue weighted by molar-refractivity contribution is -0.161. The highest BCUT2D eigenvalue weighted by atomic mass is 16.5. The SMILES string of the molecule is CCOC(=O)C1CCCCN1C(=O)C(C)C(=O)O. The van der Waals surface area contributed by atoms with Crippen molar-refractivity contribution >= 4 is 17.8 Å². The molecule has 0 aromatic heterocycles. The predicted molar refractivity (Wildman–Crippen MR) is 62.8 cm³/mol. The van der Waals surface area contributed by atoms with Crippen molar-refractivity contribution in [2.45, 2.75) is 39.2 Å². The number of esters is 1. The van der Waals surface area contributed by atoms with E-state index in [0.717, 1.165) is 12.8 Å². The van der Waals surface area contributed by atoms with Gasteiger partial charge in [-0.1, -0.05) is 0 Å². The van der Waals surface area contributed by atoms with Gasteiger partial charge in [-0.2, -0.15) is 0 Å². The number of rotatable bonds is 4. The van der Waals surface area contributed by atoms with E-state index in [-0.39, 0.29) is 6.61 Å². The van der Waals surface area contributed by atoms with Crippen LogP contribution in [0.15, 0.2) is 0 Å². The third-order valence-corrected chi connectivity index (χ3v) is 3.09. The maximum atomic E-state index is 12.0. The second-order valence-electron chi connectivity index (χ2n) is 4.36. The van der Waals surface area contributed by atoms with Crippen LogP contribution in [-0.2, 0) is 19.1 Å². The van der Waals surface area contributed by atoms with Crippen molar-refractivity contribution in [3.05, 3.63) is 0 Å². The van der Waals surface area contributed by atoms with E-state index in [2.05, 4.69) is 0 Å². The summed E-state index contributed by atoms with van der Waals surface area (Å²) in [6.45, 7) is 3.71. The van der Waals surface area contributed by atoms with Gasteiger partial charge in [0.05, 0.1) is 6.61 Å². The van der Waals surface area contributed by atoms with Crippen LogP contribution < -0.4 is 0 Å². The molecule has 0 saturated carbocycles. The van der Waals surface area contributed by atoms with Crippen LogP contribution in [0.25, 0.3) is 0 Å². The maximum Gasteiger partial charge on any atom is 0.328 e. The zero-order valence-corrected chi connectivity index (χ0v) is 10.7. The predicted octanol–water partition coefficient (Wildman–Crippen LogP) is 0.651. The smallest absolute Gasteiger partial charge is 0.328 e. The van der Waals surface area contributed by atoms with Gasteiger partial charge in [0.2, 0.25) is 5.91 Å². The molecule has 2 atom stereocenters. The Labute approximate surface area is 106 Å². The van der Waals surface area contributed by atoms with Crippen LogP contribution >= 0.6 is 0 Å². The van der Waals surface area contributed by atoms with Crippen molar-refractivity contribution in [1.82, 2.24) is 4.90 Å². The van der Waals surface area contributed by atoms with Crippen LogP contribution in [0.2, 0.25) is 0 Å². The number of carbonyl (C=O) groups excluding carboxylic acids is 2. The molecule has 1 aliphatic heterocycles. The van der Waals surface area contributed by atoms with Gasteiger partial charge < -0.3 is 14.7 Å². The first-order valence-corrected chi connectivity index (χ1v) is 6.19. The van der Waals surface area contributed by atoms with Gasteiger partial charge in [-0.3, -0.25) is 9.59 Å². The Kier molecular flexibility index (Phi) is 5.12. The van der Waals surface area contributed by atoms with Crippen molar-refractivity contribution in [2.75, 3.05) is 13.2 Å². The van der Waals surface area contributed by atoms with Crippen LogP contribution in [0, 0.1) is 5.92 Å². The number of nitrogens with zero attached hydrogens (tertiary/aromatic N) is 1. The highest BCUT2D eigenvalue weighted by Gasteiger charge is 2.36. The lowest BCUT2D eigenvalue weighted by Gasteiger charge is -2.34. The Bertz CT molecular complexity index is 341. The first-order valence-electron chi connectivity index (χ1n) is 6.19. The fourth-order valence-corrected chi connectivity index (χ4v) is 2.03. The van der Waals surface area contributed by atoms with Crippen LogP contribution in [0.3, 0.4) is 0 Å². The molecule has 2 unspecified atom stereocenters. The average Bonchev–Trinajstić information content (AvgIpc) is 2.37. The van der Waals surface area contributed by atoms with E-state index >= 15 is 0 Å². The fourth-order valence-electron chi connectivity index (χ4n) is 2.03. The van der Waals surface area contributed by atoms with Crippen molar-refractivity contribution in [1.29, 1.82) is 0 Å². The summed E-state index contributed by atoms with van der Waals surface area (Å²) in [5, 5.41) is 8.85. The molecule has 1 fully saturated rings. The van der Waals surface area contributed by atoms with Crippen LogP contribution in [0.5, 0.6) is 0 Å². The number of aliphatic carboxylic acids is 1. The Morgan fingerprint density at radius 3 is 2.61 bits per heavy atom. The van der Waals surface area contributed by atoms with Gasteiger partial charge in [0.15, 0.2) is 0 Å². The van der Waals surface area contributed by atoms with Gasteiger partial charge in [0.25, 0.3) is 0 Å². The molecular formula is C12H19NO5. The summed E-state index contributed by atoms with van der Waals surface area (Å²) in [5.41, 5.74) is 0. The standard InChI is InChI=1S/C12H19NO5/c1-3-18-12(17)9-6-4-5-7-13(9)10(14)8(2)11(15)16/h8-9H,3-7H2,1-2H3,(H,15,16). The first-order chi connectivity index (χ1) is 8.49. The molecule has 0 aromatic carbocycles. The van der Waals surface area contributed by atoms with E-state index < -0.39 is 29.8 Å². The van der Waals surface area contributed by atoms with E-state index in [0.29, 0.717) is 13.0 Å². The zero-order chi connectivity index (χ0) is 13.7. The van der Waals surface area contributed by atoms with E-state index in [1.165, 1.54) is 11.8 Å². The minimum Gasteiger partial charge on any atom is -0.481 e. The second-order valence-corrected chi connectivity index (χ2v) is 4.36. The first kappa shape index (κ1) is 14.5. The number of ether oxygens (including phenoxy) is 1.